The number of hydrogen-bond acceptors (Lipinski definition) is 6. The third-order valence-corrected chi connectivity index (χ3v) is 4.23. The first kappa shape index (κ1) is 16.9. The van der Waals surface area contributed by atoms with Crippen LogP contribution in [0.4, 0.5) is 0 Å². The van der Waals surface area contributed by atoms with E-state index >= 15 is 0 Å². The Bertz CT molecular complexity index is 545. The fraction of sp³-hybridized carbons (Fsp3) is 0.571. The summed E-state index contributed by atoms with van der Waals surface area (Å²) in [5.74, 6) is -1.01. The van der Waals surface area contributed by atoms with E-state index in [1.807, 2.05) is 27.7 Å². The Labute approximate surface area is 129 Å². The van der Waals surface area contributed by atoms with E-state index in [1.165, 1.54) is 12.3 Å². The molecular formula is C14H21BN2O5. The molecule has 7 nitrogen and oxygen atoms in total. The molecule has 0 aliphatic carbocycles. The van der Waals surface area contributed by atoms with Crippen molar-refractivity contribution in [2.75, 3.05) is 0 Å². The molecule has 2 rings (SSSR count). The summed E-state index contributed by atoms with van der Waals surface area (Å²) in [7, 11) is -0.565. The van der Waals surface area contributed by atoms with Crippen LogP contribution in [0.2, 0.25) is 0 Å². The lowest BCUT2D eigenvalue weighted by Gasteiger charge is -2.32. The average Bonchev–Trinajstić information content (AvgIpc) is 2.66. The molecule has 120 valence electrons. The van der Waals surface area contributed by atoms with Gasteiger partial charge in [-0.3, -0.25) is 9.78 Å². The van der Waals surface area contributed by atoms with Gasteiger partial charge in [0, 0.05) is 11.7 Å². The van der Waals surface area contributed by atoms with Gasteiger partial charge in [0.2, 0.25) is 5.91 Å². The minimum atomic E-state index is -1.70. The zero-order valence-electron chi connectivity index (χ0n) is 13.1. The number of aliphatic hydroxyl groups excluding tert-OH is 2. The van der Waals surface area contributed by atoms with Crippen molar-refractivity contribution in [2.45, 2.75) is 51.1 Å². The highest BCUT2D eigenvalue weighted by Gasteiger charge is 2.51. The molecule has 0 bridgehead atoms. The van der Waals surface area contributed by atoms with Gasteiger partial charge < -0.3 is 25.3 Å². The second-order valence-electron chi connectivity index (χ2n) is 6.40. The number of aromatic nitrogens is 1. The lowest BCUT2D eigenvalue weighted by Crippen LogP contribution is -2.41. The van der Waals surface area contributed by atoms with Crippen LogP contribution >= 0.6 is 0 Å². The monoisotopic (exact) mass is 308 g/mol. The highest BCUT2D eigenvalue weighted by Crippen LogP contribution is 2.36. The number of hydrogen-bond donors (Lipinski definition) is 3. The van der Waals surface area contributed by atoms with E-state index < -0.39 is 36.4 Å². The van der Waals surface area contributed by atoms with E-state index in [9.17, 15) is 15.0 Å². The quantitative estimate of drug-likeness (QED) is 0.631. The van der Waals surface area contributed by atoms with Gasteiger partial charge in [-0.25, -0.2) is 0 Å². The summed E-state index contributed by atoms with van der Waals surface area (Å²) in [6.45, 7) is 7.78. The number of primary amides is 1. The Hall–Kier alpha value is -1.48. The molecule has 1 amide bonds. The van der Waals surface area contributed by atoms with Crippen LogP contribution in [0.25, 0.3) is 0 Å². The van der Waals surface area contributed by atoms with Crippen molar-refractivity contribution in [3.8, 4) is 0 Å². The molecule has 1 aliphatic heterocycles. The molecule has 0 spiro atoms. The Morgan fingerprint density at radius 3 is 2.18 bits per heavy atom. The van der Waals surface area contributed by atoms with Gasteiger partial charge in [-0.05, 0) is 33.8 Å². The molecule has 1 aromatic heterocycles. The van der Waals surface area contributed by atoms with E-state index in [4.69, 9.17) is 15.0 Å². The normalized spacial score (nSPS) is 22.4. The van der Waals surface area contributed by atoms with Crippen molar-refractivity contribution >= 4 is 18.5 Å². The van der Waals surface area contributed by atoms with Gasteiger partial charge in [-0.15, -0.1) is 0 Å². The molecule has 0 radical (unpaired) electrons. The first-order chi connectivity index (χ1) is 10.0. The van der Waals surface area contributed by atoms with E-state index in [0.717, 1.165) is 0 Å². The maximum Gasteiger partial charge on any atom is 0.496 e. The topological polar surface area (TPSA) is 115 Å². The summed E-state index contributed by atoms with van der Waals surface area (Å²) >= 11 is 0. The van der Waals surface area contributed by atoms with Gasteiger partial charge in [0.05, 0.1) is 16.9 Å². The minimum absolute atomic E-state index is 0.145. The predicted molar refractivity (Wildman–Crippen MR) is 80.1 cm³/mol. The number of amides is 1. The third-order valence-electron chi connectivity index (χ3n) is 4.23. The first-order valence-electron chi connectivity index (χ1n) is 7.02. The molecule has 2 atom stereocenters. The van der Waals surface area contributed by atoms with E-state index in [0.29, 0.717) is 5.46 Å². The number of nitrogens with two attached hydrogens (primary N) is 1. The third kappa shape index (κ3) is 3.00. The summed E-state index contributed by atoms with van der Waals surface area (Å²) in [4.78, 5) is 14.9. The van der Waals surface area contributed by atoms with E-state index in [2.05, 4.69) is 4.98 Å². The molecule has 1 saturated heterocycles. The second-order valence-corrected chi connectivity index (χ2v) is 6.40. The van der Waals surface area contributed by atoms with Gasteiger partial charge in [0.1, 0.15) is 6.10 Å². The maximum atomic E-state index is 10.9. The molecule has 1 aromatic rings. The van der Waals surface area contributed by atoms with Crippen molar-refractivity contribution in [3.05, 3.63) is 24.0 Å². The summed E-state index contributed by atoms with van der Waals surface area (Å²) in [5.41, 5.74) is 4.85. The Morgan fingerprint density at radius 1 is 1.23 bits per heavy atom. The van der Waals surface area contributed by atoms with Gasteiger partial charge in [-0.2, -0.15) is 0 Å². The average molecular weight is 308 g/mol. The van der Waals surface area contributed by atoms with Crippen LogP contribution in [0.3, 0.4) is 0 Å². The van der Waals surface area contributed by atoms with Crippen LogP contribution in [-0.2, 0) is 14.1 Å². The van der Waals surface area contributed by atoms with Crippen molar-refractivity contribution in [2.24, 2.45) is 5.73 Å². The largest absolute Gasteiger partial charge is 0.496 e. The van der Waals surface area contributed by atoms with E-state index in [1.54, 1.807) is 6.07 Å². The van der Waals surface area contributed by atoms with Crippen LogP contribution in [0.1, 0.15) is 39.5 Å². The zero-order chi connectivity index (χ0) is 16.7. The fourth-order valence-corrected chi connectivity index (χ4v) is 2.03. The lowest BCUT2D eigenvalue weighted by molar-refractivity contribution is -0.132. The van der Waals surface area contributed by atoms with Crippen molar-refractivity contribution in [1.29, 1.82) is 0 Å². The molecule has 1 fully saturated rings. The molecule has 2 unspecified atom stereocenters. The molecule has 2 heterocycles. The van der Waals surface area contributed by atoms with Gasteiger partial charge in [0.15, 0.2) is 6.10 Å². The Morgan fingerprint density at radius 2 is 1.77 bits per heavy atom. The first-order valence-corrected chi connectivity index (χ1v) is 7.02. The van der Waals surface area contributed by atoms with Crippen LogP contribution in [-0.4, -0.2) is 45.5 Å². The highest BCUT2D eigenvalue weighted by atomic mass is 16.7. The summed E-state index contributed by atoms with van der Waals surface area (Å²) in [6.07, 6.45) is -1.69. The lowest BCUT2D eigenvalue weighted by atomic mass is 9.80. The van der Waals surface area contributed by atoms with Crippen LogP contribution in [0.5, 0.6) is 0 Å². The van der Waals surface area contributed by atoms with Crippen LogP contribution < -0.4 is 11.2 Å². The Kier molecular flexibility index (Phi) is 4.32. The highest BCUT2D eigenvalue weighted by molar-refractivity contribution is 6.62. The molecule has 22 heavy (non-hydrogen) atoms. The zero-order valence-corrected chi connectivity index (χ0v) is 13.1. The standard InChI is InChI=1S/C14H21BN2O5/c1-13(2)14(3,4)22-15(21-13)8-5-6-9(17-7-8)10(18)11(19)12(16)20/h5-7,10-11,18-19H,1-4H3,(H2,16,20). The number of pyridine rings is 1. The predicted octanol–water partition coefficient (Wildman–Crippen LogP) is -0.740. The minimum Gasteiger partial charge on any atom is -0.399 e. The number of aliphatic hydroxyl groups is 2. The number of carbonyl (C=O) groups is 1. The van der Waals surface area contributed by atoms with E-state index in [-0.39, 0.29) is 5.69 Å². The molecule has 0 saturated carbocycles. The SMILES string of the molecule is CC1(C)OB(c2ccc(C(O)C(O)C(N)=O)nc2)OC1(C)C. The maximum absolute atomic E-state index is 10.9. The molecule has 8 heteroatoms. The second kappa shape index (κ2) is 5.62. The molecule has 0 aromatic carbocycles. The number of rotatable bonds is 4. The van der Waals surface area contributed by atoms with Gasteiger partial charge in [-0.1, -0.05) is 6.07 Å². The smallest absolute Gasteiger partial charge is 0.399 e. The van der Waals surface area contributed by atoms with Gasteiger partial charge >= 0.3 is 7.12 Å². The Balaban J connectivity index is 2.15. The molecular weight excluding hydrogens is 287 g/mol. The van der Waals surface area contributed by atoms with Crippen molar-refractivity contribution < 1.29 is 24.3 Å². The summed E-state index contributed by atoms with van der Waals surface area (Å²) in [6, 6.07) is 3.17. The summed E-state index contributed by atoms with van der Waals surface area (Å²) < 4.78 is 11.8. The fourth-order valence-electron chi connectivity index (χ4n) is 2.03. The van der Waals surface area contributed by atoms with Crippen molar-refractivity contribution in [3.63, 3.8) is 0 Å². The summed E-state index contributed by atoms with van der Waals surface area (Å²) in [5, 5.41) is 19.3. The van der Waals surface area contributed by atoms with Crippen LogP contribution in [0, 0.1) is 0 Å². The number of nitrogens with zero attached hydrogens (tertiary/aromatic N) is 1. The number of carbonyl (C=O) groups excluding carboxylic acids is 1. The molecule has 4 N–H and O–H groups in total. The molecule has 1 aliphatic rings. The van der Waals surface area contributed by atoms with Gasteiger partial charge in [0.25, 0.3) is 0 Å². The van der Waals surface area contributed by atoms with Crippen LogP contribution in [0.15, 0.2) is 18.3 Å². The van der Waals surface area contributed by atoms with Crippen molar-refractivity contribution in [1.82, 2.24) is 4.98 Å².